The van der Waals surface area contributed by atoms with Crippen LogP contribution in [0.5, 0.6) is 0 Å². The summed E-state index contributed by atoms with van der Waals surface area (Å²) in [4.78, 5) is 24.4. The van der Waals surface area contributed by atoms with Gasteiger partial charge in [0.25, 0.3) is 5.56 Å². The van der Waals surface area contributed by atoms with Crippen molar-refractivity contribution >= 4 is 49.8 Å². The maximum absolute atomic E-state index is 14.9. The van der Waals surface area contributed by atoms with E-state index in [1.807, 2.05) is 4.90 Å². The molecule has 2 aromatic heterocycles. The summed E-state index contributed by atoms with van der Waals surface area (Å²) in [7, 11) is -3.50. The quantitative estimate of drug-likeness (QED) is 0.369. The van der Waals surface area contributed by atoms with Gasteiger partial charge in [-0.2, -0.15) is 4.98 Å². The second-order valence-electron chi connectivity index (χ2n) is 9.02. The van der Waals surface area contributed by atoms with E-state index in [1.165, 1.54) is 28.8 Å². The summed E-state index contributed by atoms with van der Waals surface area (Å²) in [6.45, 7) is 5.19. The Morgan fingerprint density at radius 1 is 1.11 bits per heavy atom. The highest BCUT2D eigenvalue weighted by atomic mass is 35.5. The zero-order valence-corrected chi connectivity index (χ0v) is 22.4. The van der Waals surface area contributed by atoms with Gasteiger partial charge in [0.05, 0.1) is 10.6 Å². The second kappa shape index (κ2) is 10.3. The zero-order valence-electron chi connectivity index (χ0n) is 20.8. The number of aromatic nitrogens is 3. The van der Waals surface area contributed by atoms with Crippen LogP contribution in [0.25, 0.3) is 22.2 Å². The molecule has 38 heavy (non-hydrogen) atoms. The highest BCUT2D eigenvalue weighted by Crippen LogP contribution is 2.30. The summed E-state index contributed by atoms with van der Waals surface area (Å²) in [6, 6.07) is 10.8. The molecule has 1 saturated heterocycles. The van der Waals surface area contributed by atoms with Crippen LogP contribution in [0, 0.1) is 5.82 Å². The maximum atomic E-state index is 14.9. The molecule has 0 amide bonds. The van der Waals surface area contributed by atoms with Crippen molar-refractivity contribution in [3.8, 4) is 11.1 Å². The van der Waals surface area contributed by atoms with Crippen LogP contribution in [0.1, 0.15) is 6.92 Å². The molecule has 4 aromatic rings. The molecule has 3 heterocycles. The molecule has 1 aliphatic heterocycles. The van der Waals surface area contributed by atoms with Crippen molar-refractivity contribution in [2.45, 2.75) is 18.4 Å². The van der Waals surface area contributed by atoms with E-state index < -0.39 is 9.84 Å². The third-order valence-electron chi connectivity index (χ3n) is 6.46. The van der Waals surface area contributed by atoms with E-state index in [1.54, 1.807) is 31.3 Å². The van der Waals surface area contributed by atoms with Crippen molar-refractivity contribution in [3.63, 3.8) is 0 Å². The van der Waals surface area contributed by atoms with E-state index in [0.29, 0.717) is 34.5 Å². The van der Waals surface area contributed by atoms with Gasteiger partial charge < -0.3 is 15.5 Å². The van der Waals surface area contributed by atoms with Crippen LogP contribution >= 0.6 is 11.6 Å². The Bertz CT molecular complexity index is 1700. The van der Waals surface area contributed by atoms with Crippen LogP contribution in [-0.2, 0) is 16.4 Å². The molecular weight excluding hydrogens is 531 g/mol. The molecule has 1 fully saturated rings. The van der Waals surface area contributed by atoms with Crippen molar-refractivity contribution in [2.24, 2.45) is 0 Å². The lowest BCUT2D eigenvalue weighted by Gasteiger charge is -2.29. The number of anilines is 3. The molecule has 0 unspecified atom stereocenters. The minimum absolute atomic E-state index is 0.0606. The SMILES string of the molecule is CCn1c(=O)c(-c2cc(S(C)(=O)=O)ccc2Cl)cc2cnc(Nc3ccc(N4CCNCC4)c(F)c3)nc21. The van der Waals surface area contributed by atoms with Crippen molar-refractivity contribution in [1.82, 2.24) is 19.9 Å². The fraction of sp³-hybridized carbons (Fsp3) is 0.269. The molecule has 0 radical (unpaired) electrons. The van der Waals surface area contributed by atoms with Gasteiger partial charge in [0.2, 0.25) is 5.95 Å². The number of rotatable bonds is 6. The van der Waals surface area contributed by atoms with Gasteiger partial charge >= 0.3 is 0 Å². The average Bonchev–Trinajstić information content (AvgIpc) is 2.89. The van der Waals surface area contributed by atoms with Gasteiger partial charge in [0.15, 0.2) is 9.84 Å². The third kappa shape index (κ3) is 5.09. The Balaban J connectivity index is 1.51. The molecule has 0 spiro atoms. The van der Waals surface area contributed by atoms with Gasteiger partial charge in [-0.25, -0.2) is 17.8 Å². The van der Waals surface area contributed by atoms with Gasteiger partial charge in [-0.15, -0.1) is 0 Å². The van der Waals surface area contributed by atoms with E-state index in [2.05, 4.69) is 20.6 Å². The summed E-state index contributed by atoms with van der Waals surface area (Å²) in [5.74, 6) is -0.140. The number of sulfone groups is 1. The lowest BCUT2D eigenvalue weighted by Crippen LogP contribution is -2.43. The topological polar surface area (TPSA) is 109 Å². The summed E-state index contributed by atoms with van der Waals surface area (Å²) < 4.78 is 40.5. The normalized spacial score (nSPS) is 14.2. The van der Waals surface area contributed by atoms with Crippen LogP contribution in [0.3, 0.4) is 0 Å². The second-order valence-corrected chi connectivity index (χ2v) is 11.4. The standard InChI is InChI=1S/C26H26ClFN6O3S/c1-3-34-24-16(12-20(25(34)35)19-14-18(38(2,36)37)5-6-21(19)27)15-30-26(32-24)31-17-4-7-23(22(28)13-17)33-10-8-29-9-11-33/h4-7,12-15,29H,3,8-11H2,1-2H3,(H,30,31,32). The van der Waals surface area contributed by atoms with Crippen LogP contribution in [0.4, 0.5) is 21.7 Å². The predicted molar refractivity (Wildman–Crippen MR) is 148 cm³/mol. The Hall–Kier alpha value is -3.54. The Kier molecular flexibility index (Phi) is 7.08. The average molecular weight is 557 g/mol. The van der Waals surface area contributed by atoms with Gasteiger partial charge in [0, 0.05) is 72.4 Å². The Morgan fingerprint density at radius 2 is 1.87 bits per heavy atom. The number of aryl methyl sites for hydroxylation is 1. The monoisotopic (exact) mass is 556 g/mol. The maximum Gasteiger partial charge on any atom is 0.260 e. The Morgan fingerprint density at radius 3 is 2.55 bits per heavy atom. The van der Waals surface area contributed by atoms with Gasteiger partial charge in [0.1, 0.15) is 11.5 Å². The smallest absolute Gasteiger partial charge is 0.260 e. The highest BCUT2D eigenvalue weighted by Gasteiger charge is 2.18. The predicted octanol–water partition coefficient (Wildman–Crippen LogP) is 3.83. The third-order valence-corrected chi connectivity index (χ3v) is 7.90. The van der Waals surface area contributed by atoms with E-state index >= 15 is 0 Å². The molecular formula is C26H26ClFN6O3S. The summed E-state index contributed by atoms with van der Waals surface area (Å²) in [5, 5.41) is 7.09. The summed E-state index contributed by atoms with van der Waals surface area (Å²) in [5.41, 5.74) is 1.58. The molecule has 198 valence electrons. The molecule has 0 aliphatic carbocycles. The van der Waals surface area contributed by atoms with Crippen molar-refractivity contribution < 1.29 is 12.8 Å². The largest absolute Gasteiger partial charge is 0.367 e. The molecule has 2 N–H and O–H groups in total. The number of piperazine rings is 1. The van der Waals surface area contributed by atoms with Crippen molar-refractivity contribution in [3.05, 3.63) is 69.9 Å². The van der Waals surface area contributed by atoms with Gasteiger partial charge in [-0.3, -0.25) is 9.36 Å². The lowest BCUT2D eigenvalue weighted by atomic mass is 10.1. The number of nitrogens with one attached hydrogen (secondary N) is 2. The molecule has 0 saturated carbocycles. The molecule has 9 nitrogen and oxygen atoms in total. The van der Waals surface area contributed by atoms with Crippen molar-refractivity contribution in [1.29, 1.82) is 0 Å². The van der Waals surface area contributed by atoms with E-state index in [4.69, 9.17) is 11.6 Å². The number of nitrogens with zero attached hydrogens (tertiary/aromatic N) is 4. The fourth-order valence-electron chi connectivity index (χ4n) is 4.52. The first-order chi connectivity index (χ1) is 18.2. The first-order valence-corrected chi connectivity index (χ1v) is 14.4. The van der Waals surface area contributed by atoms with Crippen LogP contribution in [0.15, 0.2) is 58.4 Å². The number of pyridine rings is 1. The number of hydrogen-bond acceptors (Lipinski definition) is 8. The van der Waals surface area contributed by atoms with Crippen LogP contribution in [0.2, 0.25) is 5.02 Å². The molecule has 12 heteroatoms. The molecule has 5 rings (SSSR count). The molecule has 0 bridgehead atoms. The van der Waals surface area contributed by atoms with E-state index in [9.17, 15) is 17.6 Å². The van der Waals surface area contributed by atoms with Crippen LogP contribution < -0.4 is 21.1 Å². The molecule has 0 atom stereocenters. The molecule has 1 aliphatic rings. The van der Waals surface area contributed by atoms with Gasteiger partial charge in [-0.05, 0) is 49.4 Å². The minimum atomic E-state index is -3.50. The van der Waals surface area contributed by atoms with Crippen LogP contribution in [-0.4, -0.2) is 55.4 Å². The number of fused-ring (bicyclic) bond motifs is 1. The first kappa shape index (κ1) is 26.1. The number of halogens is 2. The molecule has 2 aromatic carbocycles. The van der Waals surface area contributed by atoms with Crippen molar-refractivity contribution in [2.75, 3.05) is 42.7 Å². The zero-order chi connectivity index (χ0) is 27.0. The highest BCUT2D eigenvalue weighted by molar-refractivity contribution is 7.90. The minimum Gasteiger partial charge on any atom is -0.367 e. The van der Waals surface area contributed by atoms with E-state index in [-0.39, 0.29) is 32.8 Å². The fourth-order valence-corrected chi connectivity index (χ4v) is 5.39. The lowest BCUT2D eigenvalue weighted by molar-refractivity contribution is 0.566. The van der Waals surface area contributed by atoms with Gasteiger partial charge in [-0.1, -0.05) is 11.6 Å². The first-order valence-electron chi connectivity index (χ1n) is 12.1. The van der Waals surface area contributed by atoms with E-state index in [0.717, 1.165) is 32.4 Å². The summed E-state index contributed by atoms with van der Waals surface area (Å²) in [6.07, 6.45) is 2.65. The Labute approximate surface area is 224 Å². The number of benzene rings is 2. The number of hydrogen-bond donors (Lipinski definition) is 2. The summed E-state index contributed by atoms with van der Waals surface area (Å²) >= 11 is 6.37.